The molecule has 6 heteroatoms. The maximum atomic E-state index is 5.95. The third kappa shape index (κ3) is 7.99. The Bertz CT molecular complexity index is 424. The van der Waals surface area contributed by atoms with Crippen LogP contribution in [0.5, 0.6) is 0 Å². The van der Waals surface area contributed by atoms with Crippen LogP contribution in [0.2, 0.25) is 5.02 Å². The molecule has 1 rings (SSSR count). The van der Waals surface area contributed by atoms with Crippen molar-refractivity contribution in [1.29, 1.82) is 0 Å². The SMILES string of the molecule is CC(C)CN=C(N)NCCc1cc(Cl)ccc1Br.I. The number of benzene rings is 1. The topological polar surface area (TPSA) is 50.4 Å². The van der Waals surface area contributed by atoms with Crippen molar-refractivity contribution < 1.29 is 0 Å². The molecule has 3 nitrogen and oxygen atoms in total. The standard InChI is InChI=1S/C13H19BrClN3.HI/c1-9(2)8-18-13(16)17-6-5-10-7-11(15)3-4-12(10)14;/h3-4,7,9H,5-6,8H2,1-2H3,(H3,16,17,18);1H. The summed E-state index contributed by atoms with van der Waals surface area (Å²) in [5.41, 5.74) is 6.91. The second kappa shape index (κ2) is 9.83. The number of hydrogen-bond acceptors (Lipinski definition) is 1. The summed E-state index contributed by atoms with van der Waals surface area (Å²) in [6.45, 7) is 5.71. The van der Waals surface area contributed by atoms with Crippen LogP contribution >= 0.6 is 51.5 Å². The van der Waals surface area contributed by atoms with Crippen molar-refractivity contribution in [2.24, 2.45) is 16.6 Å². The molecule has 0 saturated heterocycles. The first-order valence-electron chi connectivity index (χ1n) is 5.96. The van der Waals surface area contributed by atoms with Crippen LogP contribution in [0, 0.1) is 5.92 Å². The largest absolute Gasteiger partial charge is 0.370 e. The number of nitrogens with two attached hydrogens (primary N) is 1. The minimum absolute atomic E-state index is 0. The zero-order chi connectivity index (χ0) is 13.5. The van der Waals surface area contributed by atoms with Crippen LogP contribution in [-0.4, -0.2) is 19.0 Å². The predicted molar refractivity (Wildman–Crippen MR) is 97.6 cm³/mol. The molecule has 0 unspecified atom stereocenters. The molecule has 0 heterocycles. The van der Waals surface area contributed by atoms with Gasteiger partial charge in [-0.05, 0) is 36.1 Å². The van der Waals surface area contributed by atoms with E-state index in [2.05, 4.69) is 40.1 Å². The fraction of sp³-hybridized carbons (Fsp3) is 0.462. The Balaban J connectivity index is 0.00000324. The first-order chi connectivity index (χ1) is 8.49. The molecule has 0 saturated carbocycles. The first-order valence-corrected chi connectivity index (χ1v) is 7.14. The Kier molecular flexibility index (Phi) is 9.82. The number of hydrogen-bond donors (Lipinski definition) is 2. The van der Waals surface area contributed by atoms with Crippen LogP contribution in [0.25, 0.3) is 0 Å². The van der Waals surface area contributed by atoms with Gasteiger partial charge in [0.2, 0.25) is 0 Å². The maximum Gasteiger partial charge on any atom is 0.188 e. The predicted octanol–water partition coefficient (Wildman–Crippen LogP) is 3.82. The highest BCUT2D eigenvalue weighted by molar-refractivity contribution is 14.0. The van der Waals surface area contributed by atoms with Gasteiger partial charge in [0.25, 0.3) is 0 Å². The minimum atomic E-state index is 0. The molecule has 1 aromatic rings. The summed E-state index contributed by atoms with van der Waals surface area (Å²) < 4.78 is 1.06. The summed E-state index contributed by atoms with van der Waals surface area (Å²) >= 11 is 9.45. The van der Waals surface area contributed by atoms with Crippen molar-refractivity contribution >= 4 is 57.5 Å². The van der Waals surface area contributed by atoms with Crippen molar-refractivity contribution in [3.8, 4) is 0 Å². The second-order valence-electron chi connectivity index (χ2n) is 4.53. The Labute approximate surface area is 145 Å². The van der Waals surface area contributed by atoms with Gasteiger partial charge in [0.1, 0.15) is 0 Å². The zero-order valence-corrected chi connectivity index (χ0v) is 15.8. The van der Waals surface area contributed by atoms with Gasteiger partial charge >= 0.3 is 0 Å². The summed E-state index contributed by atoms with van der Waals surface area (Å²) in [4.78, 5) is 4.24. The van der Waals surface area contributed by atoms with Crippen molar-refractivity contribution in [3.05, 3.63) is 33.3 Å². The van der Waals surface area contributed by atoms with Gasteiger partial charge in [-0.15, -0.1) is 24.0 Å². The lowest BCUT2D eigenvalue weighted by Gasteiger charge is -2.08. The van der Waals surface area contributed by atoms with E-state index in [4.69, 9.17) is 17.3 Å². The van der Waals surface area contributed by atoms with Crippen molar-refractivity contribution in [1.82, 2.24) is 5.32 Å². The number of aliphatic imine (C=N–C) groups is 1. The lowest BCUT2D eigenvalue weighted by atomic mass is 10.1. The molecule has 0 aliphatic carbocycles. The van der Waals surface area contributed by atoms with Crippen LogP contribution in [0.3, 0.4) is 0 Å². The number of guanidine groups is 1. The van der Waals surface area contributed by atoms with E-state index in [1.165, 1.54) is 0 Å². The summed E-state index contributed by atoms with van der Waals surface area (Å²) in [5.74, 6) is 1.02. The fourth-order valence-corrected chi connectivity index (χ4v) is 2.04. The average Bonchev–Trinajstić information content (AvgIpc) is 2.31. The quantitative estimate of drug-likeness (QED) is 0.399. The van der Waals surface area contributed by atoms with Gasteiger partial charge in [0.15, 0.2) is 5.96 Å². The highest BCUT2D eigenvalue weighted by Crippen LogP contribution is 2.21. The number of halogens is 3. The van der Waals surface area contributed by atoms with E-state index >= 15 is 0 Å². The third-order valence-electron chi connectivity index (χ3n) is 2.33. The second-order valence-corrected chi connectivity index (χ2v) is 5.82. The molecular formula is C13H20BrClIN3. The highest BCUT2D eigenvalue weighted by Gasteiger charge is 2.01. The van der Waals surface area contributed by atoms with Gasteiger partial charge in [-0.3, -0.25) is 4.99 Å². The van der Waals surface area contributed by atoms with Gasteiger partial charge in [-0.2, -0.15) is 0 Å². The van der Waals surface area contributed by atoms with Crippen molar-refractivity contribution in [2.45, 2.75) is 20.3 Å². The molecule has 0 bridgehead atoms. The van der Waals surface area contributed by atoms with E-state index in [0.29, 0.717) is 11.9 Å². The van der Waals surface area contributed by atoms with Crippen LogP contribution in [-0.2, 0) is 6.42 Å². The molecular weight excluding hydrogens is 440 g/mol. The molecule has 0 aliphatic rings. The van der Waals surface area contributed by atoms with E-state index in [1.807, 2.05) is 18.2 Å². The smallest absolute Gasteiger partial charge is 0.188 e. The summed E-state index contributed by atoms with van der Waals surface area (Å²) in [7, 11) is 0. The average molecular weight is 461 g/mol. The Morgan fingerprint density at radius 1 is 1.47 bits per heavy atom. The Morgan fingerprint density at radius 2 is 2.16 bits per heavy atom. The van der Waals surface area contributed by atoms with E-state index < -0.39 is 0 Å². The minimum Gasteiger partial charge on any atom is -0.370 e. The summed E-state index contributed by atoms with van der Waals surface area (Å²) in [5, 5.41) is 3.84. The maximum absolute atomic E-state index is 5.95. The van der Waals surface area contributed by atoms with Crippen molar-refractivity contribution in [3.63, 3.8) is 0 Å². The molecule has 3 N–H and O–H groups in total. The van der Waals surface area contributed by atoms with E-state index in [1.54, 1.807) is 0 Å². The molecule has 1 aromatic carbocycles. The van der Waals surface area contributed by atoms with Gasteiger partial charge in [-0.1, -0.05) is 41.4 Å². The Hall–Kier alpha value is -0.0100. The van der Waals surface area contributed by atoms with Crippen LogP contribution in [0.4, 0.5) is 0 Å². The van der Waals surface area contributed by atoms with E-state index in [-0.39, 0.29) is 24.0 Å². The van der Waals surface area contributed by atoms with Gasteiger partial charge in [-0.25, -0.2) is 0 Å². The lowest BCUT2D eigenvalue weighted by Crippen LogP contribution is -2.33. The molecule has 0 aromatic heterocycles. The van der Waals surface area contributed by atoms with Gasteiger partial charge in [0.05, 0.1) is 0 Å². The molecule has 0 aliphatic heterocycles. The van der Waals surface area contributed by atoms with E-state index in [0.717, 1.165) is 34.6 Å². The van der Waals surface area contributed by atoms with Gasteiger partial charge in [0, 0.05) is 22.6 Å². The fourth-order valence-electron chi connectivity index (χ4n) is 1.40. The number of nitrogens with zero attached hydrogens (tertiary/aromatic N) is 1. The van der Waals surface area contributed by atoms with Crippen LogP contribution in [0.15, 0.2) is 27.7 Å². The molecule has 0 radical (unpaired) electrons. The van der Waals surface area contributed by atoms with Crippen molar-refractivity contribution in [2.75, 3.05) is 13.1 Å². The molecule has 0 amide bonds. The first kappa shape index (κ1) is 19.0. The zero-order valence-electron chi connectivity index (χ0n) is 11.1. The Morgan fingerprint density at radius 3 is 2.79 bits per heavy atom. The van der Waals surface area contributed by atoms with Gasteiger partial charge < -0.3 is 11.1 Å². The van der Waals surface area contributed by atoms with Crippen LogP contribution < -0.4 is 11.1 Å². The molecule has 108 valence electrons. The van der Waals surface area contributed by atoms with Crippen LogP contribution in [0.1, 0.15) is 19.4 Å². The normalized spacial score (nSPS) is 11.3. The molecule has 0 atom stereocenters. The monoisotopic (exact) mass is 459 g/mol. The number of rotatable bonds is 5. The summed E-state index contributed by atoms with van der Waals surface area (Å²) in [6.07, 6.45) is 0.846. The molecule has 19 heavy (non-hydrogen) atoms. The number of nitrogens with one attached hydrogen (secondary N) is 1. The summed E-state index contributed by atoms with van der Waals surface area (Å²) in [6, 6.07) is 5.77. The lowest BCUT2D eigenvalue weighted by molar-refractivity contribution is 0.661. The third-order valence-corrected chi connectivity index (χ3v) is 3.34. The molecule has 0 fully saturated rings. The van der Waals surface area contributed by atoms with E-state index in [9.17, 15) is 0 Å². The highest BCUT2D eigenvalue weighted by atomic mass is 127. The molecule has 0 spiro atoms.